The number of aliphatic hydroxyl groups excluding tert-OH is 1. The van der Waals surface area contributed by atoms with E-state index in [4.69, 9.17) is 4.74 Å². The second-order valence-electron chi connectivity index (χ2n) is 5.82. The maximum Gasteiger partial charge on any atom is 0.223 e. The van der Waals surface area contributed by atoms with Crippen LogP contribution in [0.1, 0.15) is 25.8 Å². The van der Waals surface area contributed by atoms with Gasteiger partial charge in [0.2, 0.25) is 5.91 Å². The molecule has 0 radical (unpaired) electrons. The number of aryl methyl sites for hydroxylation is 1. The fourth-order valence-corrected chi connectivity index (χ4v) is 2.54. The number of rotatable bonds is 4. The Morgan fingerprint density at radius 1 is 1.60 bits per heavy atom. The normalized spacial score (nSPS) is 21.8. The summed E-state index contributed by atoms with van der Waals surface area (Å²) in [6, 6.07) is 3.85. The molecule has 1 aromatic rings. The van der Waals surface area contributed by atoms with E-state index in [0.717, 1.165) is 5.56 Å². The summed E-state index contributed by atoms with van der Waals surface area (Å²) in [6.45, 7) is 4.85. The fourth-order valence-electron chi connectivity index (χ4n) is 2.54. The van der Waals surface area contributed by atoms with Crippen LogP contribution in [0.5, 0.6) is 0 Å². The highest BCUT2D eigenvalue weighted by atomic mass is 16.5. The number of aliphatic hydroxyl groups is 1. The molecule has 1 amide bonds. The fraction of sp³-hybridized carbons (Fsp3) is 0.600. The van der Waals surface area contributed by atoms with Gasteiger partial charge in [-0.15, -0.1) is 0 Å². The molecule has 0 saturated carbocycles. The number of hydrogen-bond donors (Lipinski definition) is 1. The molecule has 0 aliphatic carbocycles. The van der Waals surface area contributed by atoms with Crippen molar-refractivity contribution in [1.82, 2.24) is 9.88 Å². The predicted octanol–water partition coefficient (Wildman–Crippen LogP) is 1.01. The van der Waals surface area contributed by atoms with Crippen molar-refractivity contribution in [3.63, 3.8) is 0 Å². The van der Waals surface area contributed by atoms with Gasteiger partial charge in [0.15, 0.2) is 0 Å². The maximum atomic E-state index is 12.3. The average Bonchev–Trinajstić information content (AvgIpc) is 2.44. The highest BCUT2D eigenvalue weighted by molar-refractivity contribution is 5.76. The van der Waals surface area contributed by atoms with E-state index in [1.54, 1.807) is 17.3 Å². The highest BCUT2D eigenvalue weighted by Gasteiger charge is 2.34. The summed E-state index contributed by atoms with van der Waals surface area (Å²) >= 11 is 0. The molecule has 2 rings (SSSR count). The van der Waals surface area contributed by atoms with E-state index in [0.29, 0.717) is 25.9 Å². The van der Waals surface area contributed by atoms with Crippen molar-refractivity contribution in [2.24, 2.45) is 0 Å². The monoisotopic (exact) mass is 278 g/mol. The quantitative estimate of drug-likeness (QED) is 0.893. The Morgan fingerprint density at radius 2 is 2.40 bits per heavy atom. The van der Waals surface area contributed by atoms with Gasteiger partial charge in [-0.25, -0.2) is 0 Å². The van der Waals surface area contributed by atoms with E-state index in [1.165, 1.54) is 0 Å². The van der Waals surface area contributed by atoms with Gasteiger partial charge in [0.1, 0.15) is 0 Å². The molecule has 1 saturated heterocycles. The first-order chi connectivity index (χ1) is 9.50. The van der Waals surface area contributed by atoms with Gasteiger partial charge in [-0.3, -0.25) is 9.78 Å². The zero-order valence-corrected chi connectivity index (χ0v) is 12.1. The van der Waals surface area contributed by atoms with Gasteiger partial charge in [-0.1, -0.05) is 6.07 Å². The second-order valence-corrected chi connectivity index (χ2v) is 5.82. The lowest BCUT2D eigenvalue weighted by atomic mass is 10.0. The molecular weight excluding hydrogens is 256 g/mol. The van der Waals surface area contributed by atoms with E-state index in [-0.39, 0.29) is 18.6 Å². The van der Waals surface area contributed by atoms with Gasteiger partial charge in [0.05, 0.1) is 18.3 Å². The summed E-state index contributed by atoms with van der Waals surface area (Å²) in [7, 11) is 0. The Hall–Kier alpha value is -1.46. The molecule has 1 aromatic heterocycles. The molecule has 1 fully saturated rings. The molecule has 5 nitrogen and oxygen atoms in total. The van der Waals surface area contributed by atoms with Crippen molar-refractivity contribution < 1.29 is 14.6 Å². The number of hydrogen-bond acceptors (Lipinski definition) is 4. The van der Waals surface area contributed by atoms with Gasteiger partial charge in [-0.2, -0.15) is 0 Å². The molecule has 0 aromatic carbocycles. The summed E-state index contributed by atoms with van der Waals surface area (Å²) in [5.41, 5.74) is 0.655. The summed E-state index contributed by atoms with van der Waals surface area (Å²) < 4.78 is 5.71. The Kier molecular flexibility index (Phi) is 4.73. The molecule has 1 atom stereocenters. The Morgan fingerprint density at radius 3 is 3.05 bits per heavy atom. The number of morpholine rings is 1. The number of carbonyl (C=O) groups is 1. The van der Waals surface area contributed by atoms with Gasteiger partial charge in [-0.05, 0) is 31.9 Å². The first-order valence-corrected chi connectivity index (χ1v) is 6.95. The third-order valence-electron chi connectivity index (χ3n) is 3.39. The zero-order chi connectivity index (χ0) is 14.6. The van der Waals surface area contributed by atoms with E-state index in [9.17, 15) is 9.90 Å². The van der Waals surface area contributed by atoms with Crippen LogP contribution < -0.4 is 0 Å². The number of pyridine rings is 1. The lowest BCUT2D eigenvalue weighted by Crippen LogP contribution is -2.55. The van der Waals surface area contributed by atoms with Gasteiger partial charge in [0.25, 0.3) is 0 Å². The molecule has 1 unspecified atom stereocenters. The molecule has 2 heterocycles. The summed E-state index contributed by atoms with van der Waals surface area (Å²) in [5, 5.41) is 9.26. The topological polar surface area (TPSA) is 62.7 Å². The lowest BCUT2D eigenvalue weighted by molar-refractivity contribution is -0.166. The molecular formula is C15H22N2O3. The molecule has 1 aliphatic heterocycles. The number of amides is 1. The number of carbonyl (C=O) groups excluding carboxylic acids is 1. The van der Waals surface area contributed by atoms with Crippen LogP contribution in [0, 0.1) is 0 Å². The van der Waals surface area contributed by atoms with Crippen LogP contribution in [0.2, 0.25) is 0 Å². The molecule has 1 N–H and O–H groups in total. The zero-order valence-electron chi connectivity index (χ0n) is 12.1. The van der Waals surface area contributed by atoms with Crippen molar-refractivity contribution in [2.45, 2.75) is 38.4 Å². The van der Waals surface area contributed by atoms with Crippen LogP contribution in [-0.4, -0.2) is 52.3 Å². The maximum absolute atomic E-state index is 12.3. The summed E-state index contributed by atoms with van der Waals surface area (Å²) in [4.78, 5) is 18.1. The number of aromatic nitrogens is 1. The third-order valence-corrected chi connectivity index (χ3v) is 3.39. The van der Waals surface area contributed by atoms with Gasteiger partial charge >= 0.3 is 0 Å². The van der Waals surface area contributed by atoms with E-state index < -0.39 is 5.60 Å². The highest BCUT2D eigenvalue weighted by Crippen LogP contribution is 2.21. The van der Waals surface area contributed by atoms with E-state index in [1.807, 2.05) is 26.0 Å². The van der Waals surface area contributed by atoms with Crippen molar-refractivity contribution in [1.29, 1.82) is 0 Å². The molecule has 0 bridgehead atoms. The molecule has 1 aliphatic rings. The van der Waals surface area contributed by atoms with Gasteiger partial charge < -0.3 is 14.7 Å². The molecule has 110 valence electrons. The van der Waals surface area contributed by atoms with E-state index in [2.05, 4.69) is 4.98 Å². The van der Waals surface area contributed by atoms with Crippen molar-refractivity contribution in [3.8, 4) is 0 Å². The first kappa shape index (κ1) is 14.9. The molecule has 20 heavy (non-hydrogen) atoms. The number of nitrogens with zero attached hydrogens (tertiary/aromatic N) is 2. The SMILES string of the molecule is CC1(C)CN(C(=O)CCc2cccnc2)CC(CO)O1. The minimum Gasteiger partial charge on any atom is -0.394 e. The largest absolute Gasteiger partial charge is 0.394 e. The summed E-state index contributed by atoms with van der Waals surface area (Å²) in [6.07, 6.45) is 4.36. The smallest absolute Gasteiger partial charge is 0.223 e. The predicted molar refractivity (Wildman–Crippen MR) is 75.2 cm³/mol. The third kappa shape index (κ3) is 4.02. The first-order valence-electron chi connectivity index (χ1n) is 6.95. The lowest BCUT2D eigenvalue weighted by Gasteiger charge is -2.42. The minimum absolute atomic E-state index is 0.0597. The summed E-state index contributed by atoms with van der Waals surface area (Å²) in [5.74, 6) is 0.101. The molecule has 0 spiro atoms. The molecule has 5 heteroatoms. The second kappa shape index (κ2) is 6.33. The van der Waals surface area contributed by atoms with Crippen molar-refractivity contribution in [3.05, 3.63) is 30.1 Å². The Labute approximate surface area is 119 Å². The minimum atomic E-state index is -0.407. The Bertz CT molecular complexity index is 448. The standard InChI is InChI=1S/C15H22N2O3/c1-15(2)11-17(9-13(10-18)20-15)14(19)6-5-12-4-3-7-16-8-12/h3-4,7-8,13,18H,5-6,9-11H2,1-2H3. The van der Waals surface area contributed by atoms with Crippen LogP contribution >= 0.6 is 0 Å². The van der Waals surface area contributed by atoms with Gasteiger partial charge in [0, 0.05) is 31.9 Å². The number of ether oxygens (including phenoxy) is 1. The van der Waals surface area contributed by atoms with Crippen LogP contribution in [-0.2, 0) is 16.0 Å². The van der Waals surface area contributed by atoms with Crippen LogP contribution in [0.3, 0.4) is 0 Å². The van der Waals surface area contributed by atoms with E-state index >= 15 is 0 Å². The van der Waals surface area contributed by atoms with Crippen molar-refractivity contribution in [2.75, 3.05) is 19.7 Å². The van der Waals surface area contributed by atoms with Crippen molar-refractivity contribution >= 4 is 5.91 Å². The Balaban J connectivity index is 1.91. The van der Waals surface area contributed by atoms with Crippen LogP contribution in [0.15, 0.2) is 24.5 Å². The van der Waals surface area contributed by atoms with Crippen LogP contribution in [0.4, 0.5) is 0 Å². The average molecular weight is 278 g/mol. The van der Waals surface area contributed by atoms with Crippen LogP contribution in [0.25, 0.3) is 0 Å².